The van der Waals surface area contributed by atoms with Gasteiger partial charge in [0.05, 0.1) is 35.9 Å². The molecule has 1 aromatic heterocycles. The van der Waals surface area contributed by atoms with E-state index in [1.807, 2.05) is 103 Å². The number of fused-ring (bicyclic) bond motifs is 4. The van der Waals surface area contributed by atoms with Crippen molar-refractivity contribution < 1.29 is 21.7 Å². The molecule has 288 valence electrons. The molecule has 6 aromatic rings. The lowest BCUT2D eigenvalue weighted by atomic mass is 9.93. The van der Waals surface area contributed by atoms with Crippen molar-refractivity contribution in [2.75, 3.05) is 43.1 Å². The SMILES string of the molecule is COc1cc([C@@H]2c3c(C)nn(-c4ccccc4)c3N=C3C(N4CCN(c5ccc(F)cc5)CC4)=Nc4ccccc4N32)ccc1OS(=O)(=O)c1cc(C)ccc1C. The van der Waals surface area contributed by atoms with Crippen LogP contribution in [0.5, 0.6) is 11.5 Å². The van der Waals surface area contributed by atoms with Crippen LogP contribution in [0.15, 0.2) is 130 Å². The summed E-state index contributed by atoms with van der Waals surface area (Å²) >= 11 is 0. The van der Waals surface area contributed by atoms with E-state index in [1.54, 1.807) is 25.1 Å². The maximum absolute atomic E-state index is 13.7. The monoisotopic (exact) mass is 781 g/mol. The highest BCUT2D eigenvalue weighted by molar-refractivity contribution is 7.87. The number of aryl methyl sites for hydroxylation is 3. The number of benzene rings is 5. The van der Waals surface area contributed by atoms with Gasteiger partial charge in [0.15, 0.2) is 29.0 Å². The van der Waals surface area contributed by atoms with Crippen molar-refractivity contribution in [3.8, 4) is 17.2 Å². The maximum atomic E-state index is 13.7. The zero-order valence-electron chi connectivity index (χ0n) is 31.9. The lowest BCUT2D eigenvalue weighted by Gasteiger charge is -2.44. The summed E-state index contributed by atoms with van der Waals surface area (Å²) in [4.78, 5) is 17.5. The second-order valence-corrected chi connectivity index (χ2v) is 15.9. The molecule has 4 heterocycles. The number of halogens is 1. The number of aliphatic imine (C=N–C) groups is 2. The van der Waals surface area contributed by atoms with Gasteiger partial charge in [0.1, 0.15) is 10.7 Å². The van der Waals surface area contributed by atoms with Crippen LogP contribution in [-0.4, -0.2) is 68.1 Å². The Labute approximate surface area is 331 Å². The lowest BCUT2D eigenvalue weighted by Crippen LogP contribution is -2.55. The normalized spacial score (nSPS) is 16.3. The van der Waals surface area contributed by atoms with Crippen molar-refractivity contribution in [2.45, 2.75) is 31.7 Å². The van der Waals surface area contributed by atoms with E-state index in [4.69, 9.17) is 24.0 Å². The number of ether oxygens (including phenoxy) is 1. The first-order valence-electron chi connectivity index (χ1n) is 18.8. The fourth-order valence-corrected chi connectivity index (χ4v) is 9.12. The lowest BCUT2D eigenvalue weighted by molar-refractivity contribution is 0.388. The average Bonchev–Trinajstić information content (AvgIpc) is 3.56. The van der Waals surface area contributed by atoms with Gasteiger partial charge in [-0.1, -0.05) is 48.5 Å². The van der Waals surface area contributed by atoms with Crippen molar-refractivity contribution in [3.05, 3.63) is 149 Å². The second kappa shape index (κ2) is 14.2. The predicted molar refractivity (Wildman–Crippen MR) is 220 cm³/mol. The van der Waals surface area contributed by atoms with Gasteiger partial charge in [0, 0.05) is 37.4 Å². The number of piperazine rings is 1. The van der Waals surface area contributed by atoms with Crippen molar-refractivity contribution in [1.82, 2.24) is 14.7 Å². The molecule has 1 atom stereocenters. The summed E-state index contributed by atoms with van der Waals surface area (Å²) in [5.41, 5.74) is 7.36. The fourth-order valence-electron chi connectivity index (χ4n) is 7.87. The van der Waals surface area contributed by atoms with Crippen LogP contribution in [0.2, 0.25) is 0 Å². The van der Waals surface area contributed by atoms with Gasteiger partial charge in [-0.05, 0) is 104 Å². The van der Waals surface area contributed by atoms with Crippen LogP contribution in [0.25, 0.3) is 5.69 Å². The molecule has 0 bridgehead atoms. The van der Waals surface area contributed by atoms with Crippen LogP contribution in [0, 0.1) is 26.6 Å². The van der Waals surface area contributed by atoms with Gasteiger partial charge < -0.3 is 23.6 Å². The number of anilines is 2. The van der Waals surface area contributed by atoms with Crippen molar-refractivity contribution in [3.63, 3.8) is 0 Å². The number of nitrogens with zero attached hydrogens (tertiary/aromatic N) is 7. The first kappa shape index (κ1) is 36.2. The highest BCUT2D eigenvalue weighted by Gasteiger charge is 2.43. The van der Waals surface area contributed by atoms with Gasteiger partial charge in [-0.25, -0.2) is 19.1 Å². The molecule has 5 aromatic carbocycles. The first-order chi connectivity index (χ1) is 27.6. The minimum atomic E-state index is -4.19. The van der Waals surface area contributed by atoms with Crippen LogP contribution in [0.1, 0.15) is 34.0 Å². The molecule has 0 spiro atoms. The van der Waals surface area contributed by atoms with E-state index >= 15 is 0 Å². The summed E-state index contributed by atoms with van der Waals surface area (Å²) in [7, 11) is -2.69. The highest BCUT2D eigenvalue weighted by Crippen LogP contribution is 2.49. The minimum Gasteiger partial charge on any atom is -0.493 e. The molecular weight excluding hydrogens is 742 g/mol. The maximum Gasteiger partial charge on any atom is 0.339 e. The molecule has 0 unspecified atom stereocenters. The number of amidine groups is 2. The van der Waals surface area contributed by atoms with Gasteiger partial charge in [-0.3, -0.25) is 0 Å². The number of hydrogen-bond donors (Lipinski definition) is 0. The first-order valence-corrected chi connectivity index (χ1v) is 20.2. The van der Waals surface area contributed by atoms with Gasteiger partial charge in [0.25, 0.3) is 0 Å². The Morgan fingerprint density at radius 1 is 0.719 bits per heavy atom. The fraction of sp³-hybridized carbons (Fsp3) is 0.205. The van der Waals surface area contributed by atoms with E-state index in [1.165, 1.54) is 19.2 Å². The Morgan fingerprint density at radius 2 is 1.44 bits per heavy atom. The summed E-state index contributed by atoms with van der Waals surface area (Å²) in [6, 6.07) is 34.7. The molecule has 1 fully saturated rings. The van der Waals surface area contributed by atoms with E-state index in [0.29, 0.717) is 43.4 Å². The minimum absolute atomic E-state index is 0.0732. The number of rotatable bonds is 7. The van der Waals surface area contributed by atoms with Crippen LogP contribution in [-0.2, 0) is 10.1 Å². The third-order valence-corrected chi connectivity index (χ3v) is 12.1. The molecule has 0 amide bonds. The van der Waals surface area contributed by atoms with E-state index < -0.39 is 16.2 Å². The Morgan fingerprint density at radius 3 is 2.19 bits per heavy atom. The molecule has 3 aliphatic heterocycles. The van der Waals surface area contributed by atoms with E-state index in [9.17, 15) is 12.8 Å². The third kappa shape index (κ3) is 6.47. The highest BCUT2D eigenvalue weighted by atomic mass is 32.2. The van der Waals surface area contributed by atoms with Crippen LogP contribution >= 0.6 is 0 Å². The predicted octanol–water partition coefficient (Wildman–Crippen LogP) is 8.22. The molecule has 0 radical (unpaired) electrons. The van der Waals surface area contributed by atoms with Crippen molar-refractivity contribution in [1.29, 1.82) is 0 Å². The molecule has 11 nitrogen and oxygen atoms in total. The Kier molecular flexibility index (Phi) is 9.04. The van der Waals surface area contributed by atoms with E-state index in [0.717, 1.165) is 51.0 Å². The average molecular weight is 782 g/mol. The van der Waals surface area contributed by atoms with Crippen LogP contribution < -0.4 is 18.7 Å². The summed E-state index contributed by atoms with van der Waals surface area (Å²) in [5.74, 6) is 2.14. The molecule has 0 saturated carbocycles. The summed E-state index contributed by atoms with van der Waals surface area (Å²) in [5, 5.41) is 5.06. The van der Waals surface area contributed by atoms with E-state index in [2.05, 4.69) is 14.7 Å². The molecule has 13 heteroatoms. The quantitative estimate of drug-likeness (QED) is 0.149. The van der Waals surface area contributed by atoms with Gasteiger partial charge in [-0.15, -0.1) is 0 Å². The van der Waals surface area contributed by atoms with Crippen molar-refractivity contribution in [2.24, 2.45) is 9.98 Å². The van der Waals surface area contributed by atoms with Gasteiger partial charge in [-0.2, -0.15) is 13.5 Å². The number of para-hydroxylation sites is 3. The topological polar surface area (TPSA) is 105 Å². The smallest absolute Gasteiger partial charge is 0.339 e. The van der Waals surface area contributed by atoms with E-state index in [-0.39, 0.29) is 22.2 Å². The molecular formula is C44H40FN7O4S. The summed E-state index contributed by atoms with van der Waals surface area (Å²) in [6.45, 7) is 8.30. The summed E-state index contributed by atoms with van der Waals surface area (Å²) < 4.78 is 54.6. The Balaban J connectivity index is 1.17. The molecule has 0 aliphatic carbocycles. The molecule has 9 rings (SSSR count). The second-order valence-electron chi connectivity index (χ2n) is 14.4. The van der Waals surface area contributed by atoms with Crippen LogP contribution in [0.3, 0.4) is 0 Å². The molecule has 57 heavy (non-hydrogen) atoms. The Bertz CT molecular complexity index is 2690. The zero-order valence-corrected chi connectivity index (χ0v) is 32.7. The van der Waals surface area contributed by atoms with Gasteiger partial charge >= 0.3 is 10.1 Å². The van der Waals surface area contributed by atoms with Crippen LogP contribution in [0.4, 0.5) is 27.3 Å². The van der Waals surface area contributed by atoms with Crippen molar-refractivity contribution >= 4 is 44.7 Å². The standard InChI is InChI=1S/C44H40FN7O4S/c1-28-14-15-29(2)39(26-28)57(53,54)56-37-21-16-31(27-38(37)55-4)41-40-30(3)48-52(34-10-6-5-7-11-34)42(40)47-44-43(46-35-12-8-9-13-36(35)51(41)44)50-24-22-49(23-25-50)33-19-17-32(45)18-20-33/h5-21,26-27,41H,22-25H2,1-4H3/t41-/m1/s1. The number of aromatic nitrogens is 2. The van der Waals surface area contributed by atoms with Gasteiger partial charge in [0.2, 0.25) is 0 Å². The number of methoxy groups -OCH3 is 1. The Hall–Kier alpha value is -6.47. The number of hydrogen-bond acceptors (Lipinski definition) is 10. The molecule has 0 N–H and O–H groups in total. The molecule has 3 aliphatic rings. The largest absolute Gasteiger partial charge is 0.493 e. The third-order valence-electron chi connectivity index (χ3n) is 10.7. The summed E-state index contributed by atoms with van der Waals surface area (Å²) in [6.07, 6.45) is 0. The zero-order chi connectivity index (χ0) is 39.4. The molecule has 1 saturated heterocycles.